The molecular weight excluding hydrogens is 296 g/mol. The number of sulfone groups is 1. The first kappa shape index (κ1) is 14.5. The minimum absolute atomic E-state index is 0.322. The van der Waals surface area contributed by atoms with Gasteiger partial charge in [0.2, 0.25) is 0 Å². The molecule has 3 aromatic rings. The lowest BCUT2D eigenvalue weighted by Gasteiger charge is -2.11. The van der Waals surface area contributed by atoms with Crippen LogP contribution in [0.4, 0.5) is 0 Å². The topological polar surface area (TPSA) is 52.0 Å². The number of hydrogen-bond acceptors (Lipinski definition) is 3. The highest BCUT2D eigenvalue weighted by atomic mass is 32.2. The van der Waals surface area contributed by atoms with E-state index in [-0.39, 0.29) is 0 Å². The molecule has 0 saturated heterocycles. The third-order valence-corrected chi connectivity index (χ3v) is 4.74. The van der Waals surface area contributed by atoms with Crippen molar-refractivity contribution in [3.05, 3.63) is 66.6 Å². The zero-order valence-electron chi connectivity index (χ0n) is 12.4. The Morgan fingerprint density at radius 3 is 2.41 bits per heavy atom. The molecule has 0 N–H and O–H groups in total. The van der Waals surface area contributed by atoms with Gasteiger partial charge in [-0.25, -0.2) is 8.42 Å². The van der Waals surface area contributed by atoms with Crippen LogP contribution >= 0.6 is 0 Å². The Hall–Kier alpha value is -2.40. The number of benzene rings is 1. The fraction of sp³-hybridized carbons (Fsp3) is 0.118. The third-order valence-electron chi connectivity index (χ3n) is 3.61. The first-order valence-electron chi connectivity index (χ1n) is 6.85. The van der Waals surface area contributed by atoms with Crippen molar-refractivity contribution in [1.82, 2.24) is 9.55 Å². The molecule has 112 valence electrons. The summed E-state index contributed by atoms with van der Waals surface area (Å²) in [6.45, 7) is 2.04. The van der Waals surface area contributed by atoms with E-state index in [0.29, 0.717) is 4.90 Å². The van der Waals surface area contributed by atoms with Gasteiger partial charge < -0.3 is 4.57 Å². The second-order valence-corrected chi connectivity index (χ2v) is 7.24. The van der Waals surface area contributed by atoms with Gasteiger partial charge >= 0.3 is 0 Å². The van der Waals surface area contributed by atoms with E-state index in [1.807, 2.05) is 54.2 Å². The summed E-state index contributed by atoms with van der Waals surface area (Å²) < 4.78 is 25.1. The van der Waals surface area contributed by atoms with Crippen LogP contribution in [0.5, 0.6) is 0 Å². The lowest BCUT2D eigenvalue weighted by molar-refractivity contribution is 0.602. The summed E-state index contributed by atoms with van der Waals surface area (Å²) in [6.07, 6.45) is 6.78. The van der Waals surface area contributed by atoms with E-state index in [4.69, 9.17) is 0 Å². The van der Waals surface area contributed by atoms with Gasteiger partial charge in [0, 0.05) is 36.1 Å². The van der Waals surface area contributed by atoms with Crippen LogP contribution in [-0.2, 0) is 9.84 Å². The Balaban J connectivity index is 2.08. The van der Waals surface area contributed by atoms with Gasteiger partial charge in [-0.3, -0.25) is 4.98 Å². The van der Waals surface area contributed by atoms with Crippen LogP contribution in [0.15, 0.2) is 66.0 Å². The van der Waals surface area contributed by atoms with Crippen LogP contribution in [0.1, 0.15) is 5.56 Å². The lowest BCUT2D eigenvalue weighted by Crippen LogP contribution is -2.00. The maximum absolute atomic E-state index is 11.5. The van der Waals surface area contributed by atoms with E-state index >= 15 is 0 Å². The zero-order valence-corrected chi connectivity index (χ0v) is 13.2. The summed E-state index contributed by atoms with van der Waals surface area (Å²) in [5, 5.41) is 0. The molecule has 3 rings (SSSR count). The molecule has 4 nitrogen and oxygen atoms in total. The number of hydrogen-bond donors (Lipinski definition) is 0. The van der Waals surface area contributed by atoms with Crippen molar-refractivity contribution in [2.45, 2.75) is 11.8 Å². The maximum atomic E-state index is 11.5. The fourth-order valence-electron chi connectivity index (χ4n) is 2.41. The summed E-state index contributed by atoms with van der Waals surface area (Å²) in [6, 6.07) is 12.8. The lowest BCUT2D eigenvalue weighted by atomic mass is 10.1. The number of pyridine rings is 1. The summed E-state index contributed by atoms with van der Waals surface area (Å²) in [7, 11) is -3.18. The van der Waals surface area contributed by atoms with E-state index < -0.39 is 9.84 Å². The highest BCUT2D eigenvalue weighted by molar-refractivity contribution is 7.90. The molecule has 0 aliphatic heterocycles. The number of aryl methyl sites for hydroxylation is 1. The molecule has 0 saturated carbocycles. The minimum atomic E-state index is -3.18. The molecule has 2 aromatic heterocycles. The molecule has 0 fully saturated rings. The van der Waals surface area contributed by atoms with Crippen molar-refractivity contribution in [2.24, 2.45) is 0 Å². The molecule has 0 bridgehead atoms. The smallest absolute Gasteiger partial charge is 0.175 e. The number of rotatable bonds is 3. The third kappa shape index (κ3) is 2.67. The SMILES string of the molecule is Cc1ccncc1-c1cccn1-c1ccc(S(C)(=O)=O)cc1. The summed E-state index contributed by atoms with van der Waals surface area (Å²) >= 11 is 0. The monoisotopic (exact) mass is 312 g/mol. The normalized spacial score (nSPS) is 11.5. The number of aromatic nitrogens is 2. The van der Waals surface area contributed by atoms with Gasteiger partial charge in [0.05, 0.1) is 10.6 Å². The molecule has 2 heterocycles. The van der Waals surface area contributed by atoms with Crippen LogP contribution < -0.4 is 0 Å². The average Bonchev–Trinajstić information content (AvgIpc) is 2.96. The average molecular weight is 312 g/mol. The van der Waals surface area contributed by atoms with Crippen molar-refractivity contribution >= 4 is 9.84 Å². The van der Waals surface area contributed by atoms with Crippen molar-refractivity contribution in [2.75, 3.05) is 6.26 Å². The zero-order chi connectivity index (χ0) is 15.7. The van der Waals surface area contributed by atoms with Crippen molar-refractivity contribution in [1.29, 1.82) is 0 Å². The largest absolute Gasteiger partial charge is 0.317 e. The summed E-state index contributed by atoms with van der Waals surface area (Å²) in [4.78, 5) is 4.51. The maximum Gasteiger partial charge on any atom is 0.175 e. The van der Waals surface area contributed by atoms with Gasteiger partial charge in [-0.15, -0.1) is 0 Å². The summed E-state index contributed by atoms with van der Waals surface area (Å²) in [5.41, 5.74) is 4.13. The van der Waals surface area contributed by atoms with Crippen LogP contribution in [-0.4, -0.2) is 24.2 Å². The highest BCUT2D eigenvalue weighted by Gasteiger charge is 2.10. The van der Waals surface area contributed by atoms with Gasteiger partial charge in [-0.2, -0.15) is 0 Å². The molecule has 1 aromatic carbocycles. The summed E-state index contributed by atoms with van der Waals surface area (Å²) in [5.74, 6) is 0. The first-order chi connectivity index (χ1) is 10.5. The van der Waals surface area contributed by atoms with Crippen LogP contribution in [0, 0.1) is 6.92 Å². The van der Waals surface area contributed by atoms with E-state index in [0.717, 1.165) is 22.5 Å². The Bertz CT molecular complexity index is 910. The quantitative estimate of drug-likeness (QED) is 0.746. The van der Waals surface area contributed by atoms with E-state index in [1.54, 1.807) is 18.3 Å². The molecule has 0 atom stereocenters. The molecule has 0 unspecified atom stereocenters. The molecule has 5 heteroatoms. The fourth-order valence-corrected chi connectivity index (χ4v) is 3.04. The minimum Gasteiger partial charge on any atom is -0.317 e. The van der Waals surface area contributed by atoms with Gasteiger partial charge in [0.15, 0.2) is 9.84 Å². The molecule has 22 heavy (non-hydrogen) atoms. The molecule has 0 radical (unpaired) electrons. The van der Waals surface area contributed by atoms with Crippen molar-refractivity contribution in [3.8, 4) is 16.9 Å². The van der Waals surface area contributed by atoms with Crippen LogP contribution in [0.25, 0.3) is 16.9 Å². The molecule has 0 spiro atoms. The molecule has 0 aliphatic carbocycles. The number of nitrogens with zero attached hydrogens (tertiary/aromatic N) is 2. The van der Waals surface area contributed by atoms with Crippen molar-refractivity contribution in [3.63, 3.8) is 0 Å². The van der Waals surface area contributed by atoms with Gasteiger partial charge in [0.25, 0.3) is 0 Å². The van der Waals surface area contributed by atoms with Crippen LogP contribution in [0.2, 0.25) is 0 Å². The first-order valence-corrected chi connectivity index (χ1v) is 8.75. The van der Waals surface area contributed by atoms with Gasteiger partial charge in [-0.1, -0.05) is 0 Å². The molecular formula is C17H16N2O2S. The Morgan fingerprint density at radius 1 is 1.05 bits per heavy atom. The Labute approximate surface area is 130 Å². The van der Waals surface area contributed by atoms with Crippen molar-refractivity contribution < 1.29 is 8.42 Å². The Morgan fingerprint density at radius 2 is 1.77 bits per heavy atom. The molecule has 0 amide bonds. The molecule has 0 aliphatic rings. The highest BCUT2D eigenvalue weighted by Crippen LogP contribution is 2.26. The second-order valence-electron chi connectivity index (χ2n) is 5.22. The predicted molar refractivity (Wildman–Crippen MR) is 86.8 cm³/mol. The standard InChI is InChI=1S/C17H16N2O2S/c1-13-9-10-18-12-16(13)17-4-3-11-19(17)14-5-7-15(8-6-14)22(2,20)21/h3-12H,1-2H3. The van der Waals surface area contributed by atoms with E-state index in [2.05, 4.69) is 4.98 Å². The van der Waals surface area contributed by atoms with Gasteiger partial charge in [-0.05, 0) is 55.0 Å². The van der Waals surface area contributed by atoms with Crippen LogP contribution in [0.3, 0.4) is 0 Å². The Kier molecular flexibility index (Phi) is 3.58. The second kappa shape index (κ2) is 5.42. The predicted octanol–water partition coefficient (Wildman–Crippen LogP) is 3.25. The van der Waals surface area contributed by atoms with Gasteiger partial charge in [0.1, 0.15) is 0 Å². The van der Waals surface area contributed by atoms with E-state index in [1.165, 1.54) is 6.26 Å². The van der Waals surface area contributed by atoms with E-state index in [9.17, 15) is 8.42 Å².